The van der Waals surface area contributed by atoms with E-state index in [-0.39, 0.29) is 5.91 Å². The molecule has 4 nitrogen and oxygen atoms in total. The Morgan fingerprint density at radius 2 is 2.03 bits per heavy atom. The molecule has 30 heavy (non-hydrogen) atoms. The second-order valence-electron chi connectivity index (χ2n) is 6.81. The van der Waals surface area contributed by atoms with Crippen LogP contribution < -0.4 is 10.1 Å². The van der Waals surface area contributed by atoms with Gasteiger partial charge in [0.2, 0.25) is 0 Å². The zero-order valence-corrected chi connectivity index (χ0v) is 17.5. The fraction of sp³-hybridized carbons (Fsp3) is 0.120. The van der Waals surface area contributed by atoms with Crippen LogP contribution in [0, 0.1) is 0 Å². The molecule has 0 unspecified atom stereocenters. The lowest BCUT2D eigenvalue weighted by Gasteiger charge is -2.06. The zero-order chi connectivity index (χ0) is 20.8. The van der Waals surface area contributed by atoms with Gasteiger partial charge in [0, 0.05) is 29.4 Å². The van der Waals surface area contributed by atoms with Crippen molar-refractivity contribution in [3.8, 4) is 16.2 Å². The third kappa shape index (κ3) is 4.58. The van der Waals surface area contributed by atoms with Gasteiger partial charge in [-0.25, -0.2) is 0 Å². The summed E-state index contributed by atoms with van der Waals surface area (Å²) in [6, 6.07) is 13.6. The van der Waals surface area contributed by atoms with Gasteiger partial charge in [0.1, 0.15) is 5.75 Å². The Balaban J connectivity index is 1.62. The van der Waals surface area contributed by atoms with E-state index in [2.05, 4.69) is 40.7 Å². The molecule has 1 aromatic carbocycles. The molecule has 1 aliphatic rings. The molecule has 0 bridgehead atoms. The van der Waals surface area contributed by atoms with Gasteiger partial charge < -0.3 is 10.1 Å². The normalized spacial score (nSPS) is 12.9. The fourth-order valence-corrected chi connectivity index (χ4v) is 4.35. The first-order chi connectivity index (χ1) is 14.7. The Hall–Kier alpha value is -3.44. The van der Waals surface area contributed by atoms with E-state index in [0.717, 1.165) is 39.3 Å². The summed E-state index contributed by atoms with van der Waals surface area (Å²) >= 11 is 1.50. The number of thiophene rings is 1. The predicted molar refractivity (Wildman–Crippen MR) is 123 cm³/mol. The minimum atomic E-state index is -0.0851. The third-order valence-electron chi connectivity index (χ3n) is 4.78. The van der Waals surface area contributed by atoms with Crippen molar-refractivity contribution in [2.45, 2.75) is 13.0 Å². The number of ether oxygens (including phenoxy) is 1. The van der Waals surface area contributed by atoms with E-state index in [4.69, 9.17) is 4.74 Å². The van der Waals surface area contributed by atoms with Crippen LogP contribution in [0.15, 0.2) is 85.2 Å². The molecule has 4 rings (SSSR count). The SMILES string of the molecule is COc1cccc(CNC(=O)c2cc(C3=CC=CCC=C3)c(-c3ccncc3)s2)c1. The molecule has 1 N–H and O–H groups in total. The van der Waals surface area contributed by atoms with Crippen LogP contribution in [0.2, 0.25) is 0 Å². The van der Waals surface area contributed by atoms with Crippen molar-refractivity contribution in [1.82, 2.24) is 10.3 Å². The maximum Gasteiger partial charge on any atom is 0.261 e. The summed E-state index contributed by atoms with van der Waals surface area (Å²) in [5, 5.41) is 3.03. The molecule has 0 saturated heterocycles. The van der Waals surface area contributed by atoms with Crippen molar-refractivity contribution < 1.29 is 9.53 Å². The van der Waals surface area contributed by atoms with E-state index < -0.39 is 0 Å². The third-order valence-corrected chi connectivity index (χ3v) is 5.96. The Labute approximate surface area is 180 Å². The highest BCUT2D eigenvalue weighted by Crippen LogP contribution is 2.37. The van der Waals surface area contributed by atoms with Gasteiger partial charge in [0.25, 0.3) is 5.91 Å². The van der Waals surface area contributed by atoms with Gasteiger partial charge in [-0.2, -0.15) is 0 Å². The molecule has 0 aliphatic heterocycles. The van der Waals surface area contributed by atoms with E-state index in [1.54, 1.807) is 19.5 Å². The molecule has 2 aromatic heterocycles. The molecular formula is C25H22N2O2S. The number of methoxy groups -OCH3 is 1. The monoisotopic (exact) mass is 414 g/mol. The number of pyridine rings is 1. The number of carbonyl (C=O) groups is 1. The van der Waals surface area contributed by atoms with Crippen LogP contribution >= 0.6 is 11.3 Å². The van der Waals surface area contributed by atoms with Gasteiger partial charge in [-0.3, -0.25) is 9.78 Å². The number of hydrogen-bond donors (Lipinski definition) is 1. The lowest BCUT2D eigenvalue weighted by atomic mass is 10.0. The van der Waals surface area contributed by atoms with Crippen molar-refractivity contribution in [2.75, 3.05) is 7.11 Å². The fourth-order valence-electron chi connectivity index (χ4n) is 3.25. The van der Waals surface area contributed by atoms with Crippen LogP contribution in [0.4, 0.5) is 0 Å². The average molecular weight is 415 g/mol. The number of allylic oxidation sites excluding steroid dienone is 6. The summed E-state index contributed by atoms with van der Waals surface area (Å²) in [7, 11) is 1.64. The van der Waals surface area contributed by atoms with Crippen molar-refractivity contribution >= 4 is 22.8 Å². The first-order valence-corrected chi connectivity index (χ1v) is 10.6. The molecule has 0 atom stereocenters. The molecular weight excluding hydrogens is 392 g/mol. The van der Waals surface area contributed by atoms with Crippen molar-refractivity contribution in [3.63, 3.8) is 0 Å². The summed E-state index contributed by atoms with van der Waals surface area (Å²) in [6.07, 6.45) is 15.0. The standard InChI is InChI=1S/C25H22N2O2S/c1-29-21-10-6-7-18(15-21)17-27-25(28)23-16-22(19-8-4-2-3-5-9-19)24(30-23)20-11-13-26-14-12-20/h2,4-16H,3,17H2,1H3,(H,27,28). The number of amides is 1. The van der Waals surface area contributed by atoms with Gasteiger partial charge in [-0.15, -0.1) is 11.3 Å². The molecule has 0 saturated carbocycles. The van der Waals surface area contributed by atoms with E-state index in [0.29, 0.717) is 11.4 Å². The number of aromatic nitrogens is 1. The Bertz CT molecular complexity index is 1130. The largest absolute Gasteiger partial charge is 0.497 e. The topological polar surface area (TPSA) is 51.2 Å². The predicted octanol–water partition coefficient (Wildman–Crippen LogP) is 5.65. The summed E-state index contributed by atoms with van der Waals surface area (Å²) in [5.74, 6) is 0.693. The van der Waals surface area contributed by atoms with Crippen LogP contribution in [0.5, 0.6) is 5.75 Å². The van der Waals surface area contributed by atoms with Crippen LogP contribution in [0.25, 0.3) is 16.0 Å². The van der Waals surface area contributed by atoms with Crippen molar-refractivity contribution in [2.24, 2.45) is 0 Å². The first-order valence-electron chi connectivity index (χ1n) is 9.73. The van der Waals surface area contributed by atoms with Crippen molar-refractivity contribution in [3.05, 3.63) is 101 Å². The second kappa shape index (κ2) is 9.37. The van der Waals surface area contributed by atoms with Gasteiger partial charge in [0.15, 0.2) is 0 Å². The number of hydrogen-bond acceptors (Lipinski definition) is 4. The van der Waals surface area contributed by atoms with Gasteiger partial charge in [0.05, 0.1) is 12.0 Å². The smallest absolute Gasteiger partial charge is 0.261 e. The van der Waals surface area contributed by atoms with Crippen LogP contribution in [0.1, 0.15) is 27.2 Å². The van der Waals surface area contributed by atoms with E-state index >= 15 is 0 Å². The quantitative estimate of drug-likeness (QED) is 0.567. The van der Waals surface area contributed by atoms with Gasteiger partial charge in [-0.05, 0) is 53.5 Å². The Morgan fingerprint density at radius 3 is 2.87 bits per heavy atom. The second-order valence-corrected chi connectivity index (χ2v) is 7.86. The summed E-state index contributed by atoms with van der Waals surface area (Å²) in [6.45, 7) is 0.444. The number of benzene rings is 1. The summed E-state index contributed by atoms with van der Waals surface area (Å²) in [4.78, 5) is 18.8. The number of rotatable bonds is 6. The summed E-state index contributed by atoms with van der Waals surface area (Å²) in [5.41, 5.74) is 4.20. The van der Waals surface area contributed by atoms with Crippen LogP contribution in [0.3, 0.4) is 0 Å². The molecule has 5 heteroatoms. The maximum absolute atomic E-state index is 12.9. The molecule has 0 fully saturated rings. The number of nitrogens with zero attached hydrogens (tertiary/aromatic N) is 1. The maximum atomic E-state index is 12.9. The minimum Gasteiger partial charge on any atom is -0.497 e. The first kappa shape index (κ1) is 19.9. The van der Waals surface area contributed by atoms with E-state index in [1.165, 1.54) is 11.3 Å². The van der Waals surface area contributed by atoms with Gasteiger partial charge in [-0.1, -0.05) is 42.5 Å². The molecule has 1 amide bonds. The molecule has 3 aromatic rings. The van der Waals surface area contributed by atoms with E-state index in [9.17, 15) is 4.79 Å². The van der Waals surface area contributed by atoms with Crippen molar-refractivity contribution in [1.29, 1.82) is 0 Å². The van der Waals surface area contributed by atoms with E-state index in [1.807, 2.05) is 42.5 Å². The molecule has 0 spiro atoms. The highest BCUT2D eigenvalue weighted by Gasteiger charge is 2.18. The van der Waals surface area contributed by atoms with Gasteiger partial charge >= 0.3 is 0 Å². The summed E-state index contributed by atoms with van der Waals surface area (Å²) < 4.78 is 5.26. The number of carbonyl (C=O) groups excluding carboxylic acids is 1. The Kier molecular flexibility index (Phi) is 6.20. The zero-order valence-electron chi connectivity index (χ0n) is 16.7. The minimum absolute atomic E-state index is 0.0851. The molecule has 1 aliphatic carbocycles. The highest BCUT2D eigenvalue weighted by molar-refractivity contribution is 7.17. The van der Waals surface area contributed by atoms with Crippen LogP contribution in [-0.2, 0) is 6.54 Å². The average Bonchev–Trinajstić information content (AvgIpc) is 3.07. The lowest BCUT2D eigenvalue weighted by Crippen LogP contribution is -2.21. The number of nitrogens with one attached hydrogen (secondary N) is 1. The Morgan fingerprint density at radius 1 is 1.17 bits per heavy atom. The lowest BCUT2D eigenvalue weighted by molar-refractivity contribution is 0.0955. The molecule has 2 heterocycles. The molecule has 150 valence electrons. The van der Waals surface area contributed by atoms with Crippen LogP contribution in [-0.4, -0.2) is 18.0 Å². The highest BCUT2D eigenvalue weighted by atomic mass is 32.1. The molecule has 0 radical (unpaired) electrons.